The van der Waals surface area contributed by atoms with Crippen molar-refractivity contribution in [2.24, 2.45) is 0 Å². The van der Waals surface area contributed by atoms with Gasteiger partial charge in [0.15, 0.2) is 0 Å². The summed E-state index contributed by atoms with van der Waals surface area (Å²) in [5.41, 5.74) is 0.582. The first-order valence-electron chi connectivity index (χ1n) is 4.17. The van der Waals surface area contributed by atoms with Gasteiger partial charge in [0, 0.05) is 5.02 Å². The highest BCUT2D eigenvalue weighted by Crippen LogP contribution is 2.23. The molecule has 78 valence electrons. The van der Waals surface area contributed by atoms with Gasteiger partial charge in [-0.05, 0) is 24.6 Å². The number of nitrogens with one attached hydrogen (secondary N) is 1. The molecule has 0 fully saturated rings. The first kappa shape index (κ1) is 11.5. The Balaban J connectivity index is 2.92. The van der Waals surface area contributed by atoms with E-state index in [0.717, 1.165) is 0 Å². The van der Waals surface area contributed by atoms with Crippen LogP contribution in [0.1, 0.15) is 12.0 Å². The zero-order chi connectivity index (χ0) is 11.4. The molecule has 0 aliphatic rings. The van der Waals surface area contributed by atoms with Crippen LogP contribution in [0, 0.1) is 24.1 Å². The molecule has 0 saturated heterocycles. The summed E-state index contributed by atoms with van der Waals surface area (Å²) >= 11 is 5.76. The van der Waals surface area contributed by atoms with Crippen LogP contribution in [0.4, 0.5) is 10.1 Å². The van der Waals surface area contributed by atoms with Crippen LogP contribution in [-0.2, 0) is 4.79 Å². The summed E-state index contributed by atoms with van der Waals surface area (Å²) in [6.07, 6.45) is -0.315. The first-order valence-corrected chi connectivity index (χ1v) is 4.55. The van der Waals surface area contributed by atoms with E-state index in [1.54, 1.807) is 13.0 Å². The van der Waals surface area contributed by atoms with Crippen molar-refractivity contribution in [1.82, 2.24) is 0 Å². The number of aryl methyl sites for hydroxylation is 1. The lowest BCUT2D eigenvalue weighted by Crippen LogP contribution is -2.11. The van der Waals surface area contributed by atoms with Crippen LogP contribution in [0.25, 0.3) is 0 Å². The molecular weight excluding hydrogens is 219 g/mol. The van der Waals surface area contributed by atoms with Crippen LogP contribution >= 0.6 is 11.6 Å². The van der Waals surface area contributed by atoms with E-state index in [0.29, 0.717) is 10.6 Å². The molecular formula is C10H8ClFN2O. The maximum absolute atomic E-state index is 13.3. The zero-order valence-electron chi connectivity index (χ0n) is 7.97. The molecule has 0 bridgehead atoms. The molecule has 1 N–H and O–H groups in total. The van der Waals surface area contributed by atoms with E-state index in [1.807, 2.05) is 0 Å². The number of anilines is 1. The predicted octanol–water partition coefficient (Wildman–Crippen LogP) is 2.64. The lowest BCUT2D eigenvalue weighted by Gasteiger charge is -2.06. The molecule has 15 heavy (non-hydrogen) atoms. The molecule has 0 spiro atoms. The van der Waals surface area contributed by atoms with Gasteiger partial charge in [0.25, 0.3) is 0 Å². The maximum Gasteiger partial charge on any atom is 0.238 e. The summed E-state index contributed by atoms with van der Waals surface area (Å²) in [5.74, 6) is -1.13. The minimum atomic E-state index is -0.566. The maximum atomic E-state index is 13.3. The van der Waals surface area contributed by atoms with Gasteiger partial charge in [-0.2, -0.15) is 5.26 Å². The third-order valence-corrected chi connectivity index (χ3v) is 2.17. The SMILES string of the molecule is Cc1cc(F)c(NC(=O)CC#N)cc1Cl. The molecule has 0 unspecified atom stereocenters. The first-order chi connectivity index (χ1) is 7.04. The molecule has 0 saturated carbocycles. The van der Waals surface area contributed by atoms with Gasteiger partial charge in [-0.1, -0.05) is 11.6 Å². The summed E-state index contributed by atoms with van der Waals surface area (Å²) < 4.78 is 13.3. The van der Waals surface area contributed by atoms with Crippen LogP contribution in [0.5, 0.6) is 0 Å². The minimum Gasteiger partial charge on any atom is -0.323 e. The van der Waals surface area contributed by atoms with Gasteiger partial charge in [-0.25, -0.2) is 4.39 Å². The van der Waals surface area contributed by atoms with Gasteiger partial charge in [0.2, 0.25) is 5.91 Å². The molecule has 0 radical (unpaired) electrons. The third-order valence-electron chi connectivity index (χ3n) is 1.76. The average Bonchev–Trinajstić information content (AvgIpc) is 2.14. The van der Waals surface area contributed by atoms with Crippen molar-refractivity contribution in [3.05, 3.63) is 28.5 Å². The van der Waals surface area contributed by atoms with Gasteiger partial charge in [0.1, 0.15) is 12.2 Å². The van der Waals surface area contributed by atoms with Crippen molar-refractivity contribution in [2.75, 3.05) is 5.32 Å². The summed E-state index contributed by atoms with van der Waals surface area (Å²) in [7, 11) is 0. The number of amides is 1. The number of carbonyl (C=O) groups is 1. The second-order valence-electron chi connectivity index (χ2n) is 2.96. The quantitative estimate of drug-likeness (QED) is 0.843. The van der Waals surface area contributed by atoms with Crippen molar-refractivity contribution < 1.29 is 9.18 Å². The standard InChI is InChI=1S/C10H8ClFN2O/c1-6-4-8(12)9(5-7(6)11)14-10(15)2-3-13/h4-5H,2H2,1H3,(H,14,15). The monoisotopic (exact) mass is 226 g/mol. The smallest absolute Gasteiger partial charge is 0.238 e. The minimum absolute atomic E-state index is 0.00847. The van der Waals surface area contributed by atoms with Crippen LogP contribution in [0.3, 0.4) is 0 Å². The lowest BCUT2D eigenvalue weighted by molar-refractivity contribution is -0.115. The Bertz CT molecular complexity index is 440. The van der Waals surface area contributed by atoms with Crippen molar-refractivity contribution in [2.45, 2.75) is 13.3 Å². The van der Waals surface area contributed by atoms with E-state index < -0.39 is 11.7 Å². The van der Waals surface area contributed by atoms with Crippen molar-refractivity contribution in [3.63, 3.8) is 0 Å². The van der Waals surface area contributed by atoms with Gasteiger partial charge in [-0.3, -0.25) is 4.79 Å². The largest absolute Gasteiger partial charge is 0.323 e. The number of nitriles is 1. The molecule has 0 aromatic heterocycles. The number of rotatable bonds is 2. The molecule has 3 nitrogen and oxygen atoms in total. The fourth-order valence-corrected chi connectivity index (χ4v) is 1.17. The Morgan fingerprint density at radius 2 is 2.33 bits per heavy atom. The van der Waals surface area contributed by atoms with Gasteiger partial charge < -0.3 is 5.32 Å². The molecule has 1 rings (SSSR count). The van der Waals surface area contributed by atoms with Gasteiger partial charge >= 0.3 is 0 Å². The Labute approximate surface area is 91.5 Å². The van der Waals surface area contributed by atoms with E-state index in [4.69, 9.17) is 16.9 Å². The van der Waals surface area contributed by atoms with Crippen LogP contribution in [0.2, 0.25) is 5.02 Å². The number of halogens is 2. The highest BCUT2D eigenvalue weighted by Gasteiger charge is 2.08. The zero-order valence-corrected chi connectivity index (χ0v) is 8.73. The van der Waals surface area contributed by atoms with E-state index in [2.05, 4.69) is 5.32 Å². The van der Waals surface area contributed by atoms with Crippen molar-refractivity contribution in [3.8, 4) is 6.07 Å². The molecule has 5 heteroatoms. The number of nitrogens with zero attached hydrogens (tertiary/aromatic N) is 1. The average molecular weight is 227 g/mol. The summed E-state index contributed by atoms with van der Waals surface area (Å²) in [6, 6.07) is 4.21. The molecule has 0 aliphatic carbocycles. The highest BCUT2D eigenvalue weighted by molar-refractivity contribution is 6.31. The van der Waals surface area contributed by atoms with Crippen molar-refractivity contribution >= 4 is 23.2 Å². The Kier molecular flexibility index (Phi) is 3.64. The number of hydrogen-bond acceptors (Lipinski definition) is 2. The fraction of sp³-hybridized carbons (Fsp3) is 0.200. The summed E-state index contributed by atoms with van der Waals surface area (Å²) in [6.45, 7) is 1.66. The number of benzene rings is 1. The number of hydrogen-bond donors (Lipinski definition) is 1. The second-order valence-corrected chi connectivity index (χ2v) is 3.37. The Morgan fingerprint density at radius 1 is 1.67 bits per heavy atom. The lowest BCUT2D eigenvalue weighted by atomic mass is 10.2. The Morgan fingerprint density at radius 3 is 2.93 bits per heavy atom. The topological polar surface area (TPSA) is 52.9 Å². The van der Waals surface area contributed by atoms with E-state index in [9.17, 15) is 9.18 Å². The fourth-order valence-electron chi connectivity index (χ4n) is 1.01. The highest BCUT2D eigenvalue weighted by atomic mass is 35.5. The van der Waals surface area contributed by atoms with Gasteiger partial charge in [0.05, 0.1) is 11.8 Å². The second kappa shape index (κ2) is 4.76. The molecule has 0 heterocycles. The molecule has 0 atom stereocenters. The molecule has 1 amide bonds. The number of carbonyl (C=O) groups excluding carboxylic acids is 1. The van der Waals surface area contributed by atoms with Crippen LogP contribution in [-0.4, -0.2) is 5.91 Å². The van der Waals surface area contributed by atoms with Crippen molar-refractivity contribution in [1.29, 1.82) is 5.26 Å². The summed E-state index contributed by atoms with van der Waals surface area (Å²) in [4.78, 5) is 11.0. The van der Waals surface area contributed by atoms with E-state index >= 15 is 0 Å². The molecule has 1 aromatic rings. The molecule has 1 aromatic carbocycles. The third kappa shape index (κ3) is 2.93. The summed E-state index contributed by atoms with van der Waals surface area (Å²) in [5, 5.41) is 10.9. The van der Waals surface area contributed by atoms with Crippen LogP contribution in [0.15, 0.2) is 12.1 Å². The predicted molar refractivity (Wildman–Crippen MR) is 55.0 cm³/mol. The van der Waals surface area contributed by atoms with Crippen LogP contribution < -0.4 is 5.32 Å². The normalized spacial score (nSPS) is 9.47. The van der Waals surface area contributed by atoms with Gasteiger partial charge in [-0.15, -0.1) is 0 Å². The van der Waals surface area contributed by atoms with E-state index in [-0.39, 0.29) is 12.1 Å². The van der Waals surface area contributed by atoms with E-state index in [1.165, 1.54) is 12.1 Å². The molecule has 0 aliphatic heterocycles. The Hall–Kier alpha value is -1.60.